The van der Waals surface area contributed by atoms with Crippen LogP contribution in [0.2, 0.25) is 0 Å². The number of hydrogen-bond acceptors (Lipinski definition) is 4. The monoisotopic (exact) mass is 345 g/mol. The van der Waals surface area contributed by atoms with Gasteiger partial charge in [-0.05, 0) is 31.4 Å². The van der Waals surface area contributed by atoms with Crippen LogP contribution in [0.3, 0.4) is 0 Å². The molecule has 1 aromatic carbocycles. The number of carbonyl (C=O) groups is 1. The maximum Gasteiger partial charge on any atom is 0.258 e. The molecule has 25 heavy (non-hydrogen) atoms. The van der Waals surface area contributed by atoms with E-state index in [-0.39, 0.29) is 23.9 Å². The molecule has 0 saturated carbocycles. The number of rotatable bonds is 8. The number of amides is 1. The van der Waals surface area contributed by atoms with Crippen molar-refractivity contribution in [1.82, 2.24) is 15.3 Å². The van der Waals surface area contributed by atoms with E-state index in [1.165, 1.54) is 0 Å². The number of aliphatic hydroxyl groups is 1. The number of para-hydroxylation sites is 1. The van der Waals surface area contributed by atoms with E-state index in [2.05, 4.69) is 15.3 Å². The second-order valence-corrected chi connectivity index (χ2v) is 6.83. The van der Waals surface area contributed by atoms with E-state index in [4.69, 9.17) is 0 Å². The van der Waals surface area contributed by atoms with Crippen molar-refractivity contribution < 1.29 is 9.90 Å². The molecule has 1 aromatic heterocycles. The van der Waals surface area contributed by atoms with E-state index in [0.29, 0.717) is 36.0 Å². The zero-order chi connectivity index (χ0) is 18.4. The second kappa shape index (κ2) is 8.25. The Morgan fingerprint density at radius 3 is 2.84 bits per heavy atom. The van der Waals surface area contributed by atoms with Gasteiger partial charge in [-0.1, -0.05) is 32.4 Å². The number of hydrogen-bond donors (Lipinski definition) is 3. The average molecular weight is 345 g/mol. The van der Waals surface area contributed by atoms with E-state index < -0.39 is 5.60 Å². The number of benzene rings is 1. The highest BCUT2D eigenvalue weighted by atomic mass is 16.3. The average Bonchev–Trinajstić information content (AvgIpc) is 2.59. The Morgan fingerprint density at radius 1 is 1.40 bits per heavy atom. The highest BCUT2D eigenvalue weighted by molar-refractivity contribution is 5.77. The quantitative estimate of drug-likeness (QED) is 0.683. The topological polar surface area (TPSA) is 95.1 Å². The minimum atomic E-state index is -0.907. The van der Waals surface area contributed by atoms with E-state index in [1.807, 2.05) is 19.9 Å². The van der Waals surface area contributed by atoms with Crippen molar-refractivity contribution in [3.8, 4) is 0 Å². The molecular weight excluding hydrogens is 318 g/mol. The molecule has 136 valence electrons. The third-order valence-corrected chi connectivity index (χ3v) is 4.80. The molecule has 0 spiro atoms. The summed E-state index contributed by atoms with van der Waals surface area (Å²) < 4.78 is 0. The van der Waals surface area contributed by atoms with Gasteiger partial charge < -0.3 is 15.4 Å². The largest absolute Gasteiger partial charge is 0.388 e. The normalized spacial score (nSPS) is 14.9. The van der Waals surface area contributed by atoms with Crippen LogP contribution in [0.25, 0.3) is 10.9 Å². The number of fused-ring (bicyclic) bond motifs is 1. The van der Waals surface area contributed by atoms with Crippen LogP contribution in [-0.4, -0.2) is 33.1 Å². The number of nitrogens with one attached hydrogen (secondary N) is 2. The summed E-state index contributed by atoms with van der Waals surface area (Å²) in [7, 11) is 0. The number of aromatic amines is 1. The molecule has 0 radical (unpaired) electrons. The predicted octanol–water partition coefficient (Wildman–Crippen LogP) is 2.16. The van der Waals surface area contributed by atoms with Crippen LogP contribution in [0.5, 0.6) is 0 Å². The highest BCUT2D eigenvalue weighted by Crippen LogP contribution is 2.18. The molecular formula is C19H27N3O3. The Labute approximate surface area is 147 Å². The van der Waals surface area contributed by atoms with Crippen LogP contribution in [0.4, 0.5) is 0 Å². The molecule has 2 atom stereocenters. The van der Waals surface area contributed by atoms with Gasteiger partial charge in [0.1, 0.15) is 5.82 Å². The standard InChI is InChI=1S/C19H27N3O3/c1-4-13(2)19(3,25)12-20-17(23)11-7-10-16-21-15-9-6-5-8-14(15)18(24)22-16/h5-6,8-9,13,25H,4,7,10-12H2,1-3H3,(H,20,23)(H,21,22,24)/t13-,19+/m0/s1. The Morgan fingerprint density at radius 2 is 2.12 bits per heavy atom. The lowest BCUT2D eigenvalue weighted by atomic mass is 9.88. The molecule has 2 aromatic rings. The molecule has 6 heteroatoms. The smallest absolute Gasteiger partial charge is 0.258 e. The Bertz CT molecular complexity index is 783. The zero-order valence-electron chi connectivity index (χ0n) is 15.1. The molecule has 1 amide bonds. The number of aryl methyl sites for hydroxylation is 1. The summed E-state index contributed by atoms with van der Waals surface area (Å²) >= 11 is 0. The number of nitrogens with zero attached hydrogens (tertiary/aromatic N) is 1. The Hall–Kier alpha value is -2.21. The second-order valence-electron chi connectivity index (χ2n) is 6.83. The predicted molar refractivity (Wildman–Crippen MR) is 98.4 cm³/mol. The van der Waals surface area contributed by atoms with E-state index in [1.54, 1.807) is 25.1 Å². The fourth-order valence-electron chi connectivity index (χ4n) is 2.65. The summed E-state index contributed by atoms with van der Waals surface area (Å²) in [6.45, 7) is 5.96. The van der Waals surface area contributed by atoms with Gasteiger partial charge in [0.05, 0.1) is 16.5 Å². The summed E-state index contributed by atoms with van der Waals surface area (Å²) in [4.78, 5) is 31.1. The molecule has 0 bridgehead atoms. The molecule has 1 heterocycles. The fraction of sp³-hybridized carbons (Fsp3) is 0.526. The van der Waals surface area contributed by atoms with Crippen molar-refractivity contribution in [1.29, 1.82) is 0 Å². The van der Waals surface area contributed by atoms with Crippen molar-refractivity contribution in [3.05, 3.63) is 40.4 Å². The first kappa shape index (κ1) is 19.1. The summed E-state index contributed by atoms with van der Waals surface area (Å²) in [6, 6.07) is 7.19. The summed E-state index contributed by atoms with van der Waals surface area (Å²) in [5, 5.41) is 13.7. The van der Waals surface area contributed by atoms with Gasteiger partial charge in [-0.25, -0.2) is 4.98 Å². The van der Waals surface area contributed by atoms with Gasteiger partial charge in [-0.15, -0.1) is 0 Å². The van der Waals surface area contributed by atoms with Crippen molar-refractivity contribution in [3.63, 3.8) is 0 Å². The molecule has 0 aliphatic rings. The van der Waals surface area contributed by atoms with Crippen LogP contribution in [0.15, 0.2) is 29.1 Å². The van der Waals surface area contributed by atoms with Gasteiger partial charge >= 0.3 is 0 Å². The molecule has 2 rings (SSSR count). The highest BCUT2D eigenvalue weighted by Gasteiger charge is 2.27. The van der Waals surface area contributed by atoms with Gasteiger partial charge in [-0.3, -0.25) is 9.59 Å². The van der Waals surface area contributed by atoms with Crippen LogP contribution in [0, 0.1) is 5.92 Å². The minimum Gasteiger partial charge on any atom is -0.388 e. The van der Waals surface area contributed by atoms with Gasteiger partial charge in [-0.2, -0.15) is 0 Å². The number of carbonyl (C=O) groups excluding carboxylic acids is 1. The molecule has 0 fully saturated rings. The first-order valence-electron chi connectivity index (χ1n) is 8.80. The lowest BCUT2D eigenvalue weighted by Gasteiger charge is -2.29. The van der Waals surface area contributed by atoms with E-state index in [0.717, 1.165) is 6.42 Å². The van der Waals surface area contributed by atoms with Gasteiger partial charge in [0.25, 0.3) is 5.56 Å². The van der Waals surface area contributed by atoms with Crippen LogP contribution >= 0.6 is 0 Å². The maximum atomic E-state index is 12.0. The maximum absolute atomic E-state index is 12.0. The van der Waals surface area contributed by atoms with Gasteiger partial charge in [0.15, 0.2) is 0 Å². The van der Waals surface area contributed by atoms with Crippen molar-refractivity contribution in [2.45, 2.75) is 52.1 Å². The molecule has 0 saturated heterocycles. The molecule has 0 aliphatic carbocycles. The van der Waals surface area contributed by atoms with Crippen LogP contribution < -0.4 is 10.9 Å². The van der Waals surface area contributed by atoms with E-state index >= 15 is 0 Å². The third-order valence-electron chi connectivity index (χ3n) is 4.80. The van der Waals surface area contributed by atoms with Crippen LogP contribution in [0.1, 0.15) is 45.9 Å². The number of H-pyrrole nitrogens is 1. The first-order chi connectivity index (χ1) is 11.8. The SMILES string of the molecule is CC[C@H](C)[C@](C)(O)CNC(=O)CCCc1nc2ccccc2c(=O)[nH]1. The molecule has 3 N–H and O–H groups in total. The van der Waals surface area contributed by atoms with Crippen molar-refractivity contribution >= 4 is 16.8 Å². The van der Waals surface area contributed by atoms with Crippen LogP contribution in [-0.2, 0) is 11.2 Å². The van der Waals surface area contributed by atoms with Crippen molar-refractivity contribution in [2.75, 3.05) is 6.54 Å². The van der Waals surface area contributed by atoms with Gasteiger partial charge in [0.2, 0.25) is 5.91 Å². The first-order valence-corrected chi connectivity index (χ1v) is 8.80. The lowest BCUT2D eigenvalue weighted by Crippen LogP contribution is -2.45. The number of aromatic nitrogens is 2. The Kier molecular flexibility index (Phi) is 6.31. The molecule has 0 unspecified atom stereocenters. The zero-order valence-corrected chi connectivity index (χ0v) is 15.1. The third kappa shape index (κ3) is 5.13. The summed E-state index contributed by atoms with van der Waals surface area (Å²) in [5.74, 6) is 0.592. The summed E-state index contributed by atoms with van der Waals surface area (Å²) in [6.07, 6.45) is 2.28. The van der Waals surface area contributed by atoms with E-state index in [9.17, 15) is 14.7 Å². The van der Waals surface area contributed by atoms with Crippen molar-refractivity contribution in [2.24, 2.45) is 5.92 Å². The lowest BCUT2D eigenvalue weighted by molar-refractivity contribution is -0.122. The fourth-order valence-corrected chi connectivity index (χ4v) is 2.65. The minimum absolute atomic E-state index is 0.105. The molecule has 6 nitrogen and oxygen atoms in total. The summed E-state index contributed by atoms with van der Waals surface area (Å²) in [5.41, 5.74) is -0.403. The Balaban J connectivity index is 1.84. The molecule has 0 aliphatic heterocycles. The van der Waals surface area contributed by atoms with Gasteiger partial charge in [0, 0.05) is 19.4 Å².